The van der Waals surface area contributed by atoms with Gasteiger partial charge in [-0.25, -0.2) is 4.39 Å². The van der Waals surface area contributed by atoms with E-state index in [4.69, 9.17) is 5.11 Å². The topological polar surface area (TPSA) is 40.5 Å². The molecule has 0 atom stereocenters. The first-order valence-corrected chi connectivity index (χ1v) is 6.33. The second-order valence-corrected chi connectivity index (χ2v) is 4.68. The molecular formula is C16H16FNO2. The van der Waals surface area contributed by atoms with Crippen molar-refractivity contribution >= 4 is 11.7 Å². The third kappa shape index (κ3) is 3.57. The van der Waals surface area contributed by atoms with Gasteiger partial charge in [-0.15, -0.1) is 0 Å². The lowest BCUT2D eigenvalue weighted by Gasteiger charge is -2.23. The normalized spacial score (nSPS) is 10.3. The summed E-state index contributed by atoms with van der Waals surface area (Å²) in [4.78, 5) is 12.7. The quantitative estimate of drug-likeness (QED) is 0.909. The van der Waals surface area contributed by atoms with Gasteiger partial charge in [0, 0.05) is 17.8 Å². The minimum absolute atomic E-state index is 0.169. The van der Waals surface area contributed by atoms with Crippen molar-refractivity contribution in [1.82, 2.24) is 0 Å². The molecule has 0 amide bonds. The largest absolute Gasteiger partial charge is 0.480 e. The number of rotatable bonds is 5. The minimum atomic E-state index is -0.942. The van der Waals surface area contributed by atoms with Crippen molar-refractivity contribution in [3.8, 4) is 0 Å². The fourth-order valence-corrected chi connectivity index (χ4v) is 2.06. The molecule has 1 N–H and O–H groups in total. The molecule has 0 aliphatic carbocycles. The average molecular weight is 273 g/mol. The highest BCUT2D eigenvalue weighted by atomic mass is 19.1. The Labute approximate surface area is 117 Å². The van der Waals surface area contributed by atoms with E-state index in [2.05, 4.69) is 0 Å². The highest BCUT2D eigenvalue weighted by molar-refractivity contribution is 5.73. The first kappa shape index (κ1) is 14.1. The molecule has 3 nitrogen and oxygen atoms in total. The van der Waals surface area contributed by atoms with Crippen LogP contribution in [0.15, 0.2) is 48.5 Å². The number of hydrogen-bond donors (Lipinski definition) is 1. The highest BCUT2D eigenvalue weighted by Gasteiger charge is 2.13. The van der Waals surface area contributed by atoms with Crippen molar-refractivity contribution in [3.63, 3.8) is 0 Å². The van der Waals surface area contributed by atoms with Crippen LogP contribution in [0.5, 0.6) is 0 Å². The number of carbonyl (C=O) groups is 1. The summed E-state index contributed by atoms with van der Waals surface area (Å²) in [6.45, 7) is 1.99. The van der Waals surface area contributed by atoms with Crippen LogP contribution in [0.4, 0.5) is 10.1 Å². The molecule has 2 aromatic carbocycles. The summed E-state index contributed by atoms with van der Waals surface area (Å²) < 4.78 is 13.7. The molecule has 4 heteroatoms. The zero-order chi connectivity index (χ0) is 14.5. The van der Waals surface area contributed by atoms with Crippen molar-refractivity contribution < 1.29 is 14.3 Å². The van der Waals surface area contributed by atoms with E-state index < -0.39 is 5.97 Å². The second kappa shape index (κ2) is 6.19. The van der Waals surface area contributed by atoms with Crippen LogP contribution in [0.25, 0.3) is 0 Å². The summed E-state index contributed by atoms with van der Waals surface area (Å²) in [7, 11) is 0. The lowest BCUT2D eigenvalue weighted by atomic mass is 10.1. The Balaban J connectivity index is 2.29. The van der Waals surface area contributed by atoms with E-state index in [1.54, 1.807) is 23.1 Å². The average Bonchev–Trinajstić information content (AvgIpc) is 2.40. The van der Waals surface area contributed by atoms with Gasteiger partial charge in [-0.05, 0) is 30.7 Å². The van der Waals surface area contributed by atoms with Crippen molar-refractivity contribution in [1.29, 1.82) is 0 Å². The number of halogens is 1. The van der Waals surface area contributed by atoms with Crippen LogP contribution in [0.1, 0.15) is 11.1 Å². The molecule has 0 heterocycles. The van der Waals surface area contributed by atoms with Gasteiger partial charge in [-0.3, -0.25) is 4.79 Å². The van der Waals surface area contributed by atoms with Crippen LogP contribution in [-0.2, 0) is 11.3 Å². The number of carboxylic acids is 1. The van der Waals surface area contributed by atoms with Crippen LogP contribution >= 0.6 is 0 Å². The minimum Gasteiger partial charge on any atom is -0.480 e. The Kier molecular flexibility index (Phi) is 4.35. The molecule has 104 valence electrons. The van der Waals surface area contributed by atoms with Gasteiger partial charge in [0.25, 0.3) is 0 Å². The van der Waals surface area contributed by atoms with E-state index in [1.807, 2.05) is 31.2 Å². The number of anilines is 1. The molecule has 2 rings (SSSR count). The monoisotopic (exact) mass is 273 g/mol. The van der Waals surface area contributed by atoms with Crippen molar-refractivity contribution in [3.05, 3.63) is 65.5 Å². The molecule has 0 fully saturated rings. The fourth-order valence-electron chi connectivity index (χ4n) is 2.06. The SMILES string of the molecule is Cc1cccc(N(CC(=O)O)Cc2ccccc2F)c1. The molecule has 0 aliphatic heterocycles. The van der Waals surface area contributed by atoms with Gasteiger partial charge in [0.1, 0.15) is 12.4 Å². The Morgan fingerprint density at radius 3 is 2.60 bits per heavy atom. The highest BCUT2D eigenvalue weighted by Crippen LogP contribution is 2.19. The lowest BCUT2D eigenvalue weighted by Crippen LogP contribution is -2.29. The van der Waals surface area contributed by atoms with Crippen molar-refractivity contribution in [2.45, 2.75) is 13.5 Å². The fraction of sp³-hybridized carbons (Fsp3) is 0.188. The molecule has 0 saturated heterocycles. The first-order valence-electron chi connectivity index (χ1n) is 6.33. The van der Waals surface area contributed by atoms with Crippen molar-refractivity contribution in [2.24, 2.45) is 0 Å². The van der Waals surface area contributed by atoms with Crippen LogP contribution < -0.4 is 4.90 Å². The number of aryl methyl sites for hydroxylation is 1. The van der Waals surface area contributed by atoms with Crippen LogP contribution in [-0.4, -0.2) is 17.6 Å². The second-order valence-electron chi connectivity index (χ2n) is 4.68. The lowest BCUT2D eigenvalue weighted by molar-refractivity contribution is -0.135. The molecule has 0 saturated carbocycles. The van der Waals surface area contributed by atoms with Gasteiger partial charge in [0.2, 0.25) is 0 Å². The standard InChI is InChI=1S/C16H16FNO2/c1-12-5-4-7-14(9-12)18(11-16(19)20)10-13-6-2-3-8-15(13)17/h2-9H,10-11H2,1H3,(H,19,20). The van der Waals surface area contributed by atoms with Gasteiger partial charge < -0.3 is 10.0 Å². The summed E-state index contributed by atoms with van der Waals surface area (Å²) in [6.07, 6.45) is 0. The summed E-state index contributed by atoms with van der Waals surface area (Å²) in [5, 5.41) is 9.03. The molecule has 0 aliphatic rings. The van der Waals surface area contributed by atoms with E-state index in [0.29, 0.717) is 5.56 Å². The Bertz CT molecular complexity index is 613. The maximum atomic E-state index is 13.7. The number of hydrogen-bond acceptors (Lipinski definition) is 2. The summed E-state index contributed by atoms with van der Waals surface area (Å²) in [6, 6.07) is 13.9. The van der Waals surface area contributed by atoms with Crippen LogP contribution in [0.2, 0.25) is 0 Å². The smallest absolute Gasteiger partial charge is 0.323 e. The molecule has 0 radical (unpaired) electrons. The predicted octanol–water partition coefficient (Wildman–Crippen LogP) is 3.23. The van der Waals surface area contributed by atoms with Gasteiger partial charge >= 0.3 is 5.97 Å². The molecule has 0 unspecified atom stereocenters. The van der Waals surface area contributed by atoms with Crippen molar-refractivity contribution in [2.75, 3.05) is 11.4 Å². The number of nitrogens with zero attached hydrogens (tertiary/aromatic N) is 1. The van der Waals surface area contributed by atoms with Gasteiger partial charge in [-0.1, -0.05) is 30.3 Å². The first-order chi connectivity index (χ1) is 9.56. The van der Waals surface area contributed by atoms with Gasteiger partial charge in [0.05, 0.1) is 0 Å². The number of benzene rings is 2. The van der Waals surface area contributed by atoms with E-state index in [9.17, 15) is 9.18 Å². The third-order valence-corrected chi connectivity index (χ3v) is 3.01. The van der Waals surface area contributed by atoms with E-state index in [-0.39, 0.29) is 18.9 Å². The summed E-state index contributed by atoms with van der Waals surface area (Å²) in [5.41, 5.74) is 2.29. The Morgan fingerprint density at radius 1 is 1.20 bits per heavy atom. The van der Waals surface area contributed by atoms with E-state index in [0.717, 1.165) is 11.3 Å². The van der Waals surface area contributed by atoms with Crippen LogP contribution in [0, 0.1) is 12.7 Å². The summed E-state index contributed by atoms with van der Waals surface area (Å²) in [5.74, 6) is -1.27. The molecule has 2 aromatic rings. The van der Waals surface area contributed by atoms with Gasteiger partial charge in [-0.2, -0.15) is 0 Å². The zero-order valence-electron chi connectivity index (χ0n) is 11.2. The molecule has 20 heavy (non-hydrogen) atoms. The molecule has 0 spiro atoms. The zero-order valence-corrected chi connectivity index (χ0v) is 11.2. The Morgan fingerprint density at radius 2 is 1.95 bits per heavy atom. The molecule has 0 aromatic heterocycles. The number of carboxylic acid groups (broad SMARTS) is 1. The molecular weight excluding hydrogens is 257 g/mol. The van der Waals surface area contributed by atoms with E-state index in [1.165, 1.54) is 6.07 Å². The maximum Gasteiger partial charge on any atom is 0.323 e. The summed E-state index contributed by atoms with van der Waals surface area (Å²) >= 11 is 0. The Hall–Kier alpha value is -2.36. The predicted molar refractivity (Wildman–Crippen MR) is 76.3 cm³/mol. The van der Waals surface area contributed by atoms with Gasteiger partial charge in [0.15, 0.2) is 0 Å². The number of aliphatic carboxylic acids is 1. The molecule has 0 bridgehead atoms. The maximum absolute atomic E-state index is 13.7. The third-order valence-electron chi connectivity index (χ3n) is 3.01. The van der Waals surface area contributed by atoms with Crippen LogP contribution in [0.3, 0.4) is 0 Å². The van der Waals surface area contributed by atoms with E-state index >= 15 is 0 Å².